The Kier molecular flexibility index (Phi) is 7.17. The van der Waals surface area contributed by atoms with E-state index in [1.165, 1.54) is 0 Å². The Hall–Kier alpha value is -0.610. The summed E-state index contributed by atoms with van der Waals surface area (Å²) in [4.78, 5) is 0. The van der Waals surface area contributed by atoms with Crippen molar-refractivity contribution in [2.75, 3.05) is 18.5 Å². The topological polar surface area (TPSA) is 9.23 Å². The molecule has 0 rings (SSSR count). The Bertz CT molecular complexity index is 511. The SMILES string of the molecule is FC(F)(F)C(F)(F)C(F)(F)C(F)(F)C(F)(F)C(F)(F)C(F)(F)COCCBr. The third kappa shape index (κ3) is 3.94. The van der Waals surface area contributed by atoms with Crippen LogP contribution in [0.4, 0.5) is 65.9 Å². The fraction of sp³-hybridized carbons (Fsp3) is 1.00. The van der Waals surface area contributed by atoms with Crippen LogP contribution in [0.3, 0.4) is 0 Å². The third-order valence-electron chi connectivity index (χ3n) is 2.90. The van der Waals surface area contributed by atoms with Crippen LogP contribution in [0, 0.1) is 0 Å². The summed E-state index contributed by atoms with van der Waals surface area (Å²) in [5.41, 5.74) is 0. The molecule has 0 saturated carbocycles. The highest BCUT2D eigenvalue weighted by Crippen LogP contribution is 2.62. The Balaban J connectivity index is 6.23. The van der Waals surface area contributed by atoms with Gasteiger partial charge in [0.05, 0.1) is 6.61 Å². The number of hydrogen-bond acceptors (Lipinski definition) is 1. The van der Waals surface area contributed by atoms with Gasteiger partial charge in [-0.3, -0.25) is 0 Å². The maximum atomic E-state index is 13.2. The largest absolute Gasteiger partial charge is 0.460 e. The van der Waals surface area contributed by atoms with E-state index in [4.69, 9.17) is 0 Å². The predicted octanol–water partition coefficient (Wildman–Crippen LogP) is 5.77. The fourth-order valence-corrected chi connectivity index (χ4v) is 1.57. The fourth-order valence-electron chi connectivity index (χ4n) is 1.34. The average molecular weight is 507 g/mol. The molecule has 27 heavy (non-hydrogen) atoms. The molecule has 0 unspecified atom stereocenters. The molecule has 0 amide bonds. The summed E-state index contributed by atoms with van der Waals surface area (Å²) >= 11 is 2.49. The van der Waals surface area contributed by atoms with E-state index < -0.39 is 54.9 Å². The van der Waals surface area contributed by atoms with Crippen LogP contribution in [0.15, 0.2) is 0 Å². The summed E-state index contributed by atoms with van der Waals surface area (Å²) in [6.45, 7) is -3.66. The number of ether oxygens (including phenoxy) is 1. The van der Waals surface area contributed by atoms with Crippen molar-refractivity contribution >= 4 is 15.9 Å². The second-order valence-electron chi connectivity index (χ2n) is 4.82. The van der Waals surface area contributed by atoms with Gasteiger partial charge in [-0.25, -0.2) is 0 Å². The van der Waals surface area contributed by atoms with E-state index in [1.807, 2.05) is 0 Å². The summed E-state index contributed by atoms with van der Waals surface area (Å²) in [5, 5.41) is -0.364. The molecular formula is C10H6BrF15O. The second-order valence-corrected chi connectivity index (χ2v) is 5.61. The van der Waals surface area contributed by atoms with E-state index in [-0.39, 0.29) is 5.33 Å². The van der Waals surface area contributed by atoms with E-state index in [2.05, 4.69) is 20.7 Å². The number of rotatable bonds is 9. The van der Waals surface area contributed by atoms with Gasteiger partial charge in [-0.2, -0.15) is 65.9 Å². The maximum Gasteiger partial charge on any atom is 0.460 e. The van der Waals surface area contributed by atoms with Crippen molar-refractivity contribution in [1.82, 2.24) is 0 Å². The van der Waals surface area contributed by atoms with Crippen LogP contribution in [0.1, 0.15) is 0 Å². The lowest BCUT2D eigenvalue weighted by atomic mass is 9.91. The highest BCUT2D eigenvalue weighted by Gasteiger charge is 2.93. The molecule has 0 aromatic carbocycles. The van der Waals surface area contributed by atoms with Gasteiger partial charge in [0.25, 0.3) is 0 Å². The predicted molar refractivity (Wildman–Crippen MR) is 60.4 cm³/mol. The molecule has 0 bridgehead atoms. The zero-order valence-corrected chi connectivity index (χ0v) is 13.7. The Labute approximate surface area is 147 Å². The van der Waals surface area contributed by atoms with Crippen LogP contribution in [0.25, 0.3) is 0 Å². The van der Waals surface area contributed by atoms with Gasteiger partial charge >= 0.3 is 41.7 Å². The van der Waals surface area contributed by atoms with Crippen molar-refractivity contribution in [2.45, 2.75) is 41.7 Å². The highest BCUT2D eigenvalue weighted by atomic mass is 79.9. The zero-order chi connectivity index (χ0) is 22.3. The minimum Gasteiger partial charge on any atom is -0.374 e. The van der Waals surface area contributed by atoms with Crippen LogP contribution < -0.4 is 0 Å². The first-order valence-corrected chi connectivity index (χ1v) is 7.15. The first-order valence-electron chi connectivity index (χ1n) is 6.03. The monoisotopic (exact) mass is 506 g/mol. The lowest BCUT2D eigenvalue weighted by Crippen LogP contribution is -2.73. The summed E-state index contributed by atoms with van der Waals surface area (Å²) in [6.07, 6.45) is -7.60. The average Bonchev–Trinajstić information content (AvgIpc) is 2.45. The molecule has 0 aliphatic rings. The van der Waals surface area contributed by atoms with Gasteiger partial charge in [0.2, 0.25) is 0 Å². The van der Waals surface area contributed by atoms with Crippen LogP contribution in [0.2, 0.25) is 0 Å². The molecule has 0 aliphatic carbocycles. The Morgan fingerprint density at radius 2 is 0.852 bits per heavy atom. The Morgan fingerprint density at radius 3 is 1.19 bits per heavy atom. The van der Waals surface area contributed by atoms with Gasteiger partial charge in [-0.15, -0.1) is 0 Å². The number of hydrogen-bond donors (Lipinski definition) is 0. The van der Waals surface area contributed by atoms with Crippen molar-refractivity contribution in [3.8, 4) is 0 Å². The van der Waals surface area contributed by atoms with E-state index in [9.17, 15) is 65.9 Å². The van der Waals surface area contributed by atoms with Crippen molar-refractivity contribution < 1.29 is 70.6 Å². The normalized spacial score (nSPS) is 16.0. The van der Waals surface area contributed by atoms with Gasteiger partial charge in [0.1, 0.15) is 6.61 Å². The van der Waals surface area contributed by atoms with Crippen LogP contribution in [-0.2, 0) is 4.74 Å². The number of alkyl halides is 16. The molecule has 164 valence electrons. The molecule has 0 atom stereocenters. The van der Waals surface area contributed by atoms with E-state index in [0.717, 1.165) is 0 Å². The van der Waals surface area contributed by atoms with Crippen LogP contribution >= 0.6 is 15.9 Å². The van der Waals surface area contributed by atoms with Gasteiger partial charge in [0.15, 0.2) is 0 Å². The van der Waals surface area contributed by atoms with Gasteiger partial charge in [0, 0.05) is 5.33 Å². The lowest BCUT2D eigenvalue weighted by molar-refractivity contribution is -0.453. The lowest BCUT2D eigenvalue weighted by Gasteiger charge is -2.41. The second kappa shape index (κ2) is 7.33. The van der Waals surface area contributed by atoms with E-state index in [1.54, 1.807) is 0 Å². The first kappa shape index (κ1) is 26.4. The first-order chi connectivity index (χ1) is 11.6. The summed E-state index contributed by atoms with van der Waals surface area (Å²) in [6, 6.07) is 0. The smallest absolute Gasteiger partial charge is 0.374 e. The third-order valence-corrected chi connectivity index (χ3v) is 3.22. The Morgan fingerprint density at radius 1 is 0.519 bits per heavy atom. The minimum atomic E-state index is -8.26. The number of halogens is 16. The van der Waals surface area contributed by atoms with E-state index in [0.29, 0.717) is 0 Å². The molecule has 0 aromatic heterocycles. The molecule has 0 radical (unpaired) electrons. The molecule has 0 N–H and O–H groups in total. The van der Waals surface area contributed by atoms with Gasteiger partial charge in [-0.1, -0.05) is 15.9 Å². The quantitative estimate of drug-likeness (QED) is 0.219. The van der Waals surface area contributed by atoms with Gasteiger partial charge in [-0.05, 0) is 0 Å². The van der Waals surface area contributed by atoms with Gasteiger partial charge < -0.3 is 4.74 Å². The molecule has 0 fully saturated rings. The van der Waals surface area contributed by atoms with Crippen molar-refractivity contribution in [3.05, 3.63) is 0 Å². The molecule has 17 heteroatoms. The molecule has 0 heterocycles. The van der Waals surface area contributed by atoms with Crippen molar-refractivity contribution in [1.29, 1.82) is 0 Å². The van der Waals surface area contributed by atoms with Crippen molar-refractivity contribution in [3.63, 3.8) is 0 Å². The van der Waals surface area contributed by atoms with E-state index >= 15 is 0 Å². The molecule has 1 nitrogen and oxygen atoms in total. The summed E-state index contributed by atoms with van der Waals surface area (Å²) in [5.74, 6) is -46.4. The van der Waals surface area contributed by atoms with Crippen molar-refractivity contribution in [2.24, 2.45) is 0 Å². The maximum absolute atomic E-state index is 13.2. The minimum absolute atomic E-state index is 0.364. The summed E-state index contributed by atoms with van der Waals surface area (Å²) < 4.78 is 195. The molecule has 0 saturated heterocycles. The van der Waals surface area contributed by atoms with Crippen LogP contribution in [0.5, 0.6) is 0 Å². The summed E-state index contributed by atoms with van der Waals surface area (Å²) in [7, 11) is 0. The molecule has 0 aliphatic heterocycles. The molecular weight excluding hydrogens is 501 g/mol. The molecule has 0 aromatic rings. The standard InChI is InChI=1S/C10H6BrF15O/c11-1-2-27-3-4(12,13)5(14,15)6(16,17)7(18,19)8(20,21)9(22,23)10(24,25)26/h1-3H2. The highest BCUT2D eigenvalue weighted by molar-refractivity contribution is 9.09. The van der Waals surface area contributed by atoms with Crippen LogP contribution in [-0.4, -0.2) is 60.3 Å². The molecule has 0 spiro atoms. The zero-order valence-electron chi connectivity index (χ0n) is 12.1.